The number of aliphatic hydroxyl groups excluding tert-OH is 1. The minimum absolute atomic E-state index is 0.0107. The number of benzene rings is 1. The molecule has 10 nitrogen and oxygen atoms in total. The number of nitro groups is 1. The molecule has 6 rings (SSSR count). The maximum Gasteiger partial charge on any atom is 0.329 e. The van der Waals surface area contributed by atoms with E-state index in [1.165, 1.54) is 36.3 Å². The number of aliphatic hydroxyl groups is 1. The first-order chi connectivity index (χ1) is 16.6. The Morgan fingerprint density at radius 2 is 1.77 bits per heavy atom. The molecule has 4 aliphatic carbocycles. The van der Waals surface area contributed by atoms with Gasteiger partial charge < -0.3 is 20.1 Å². The monoisotopic (exact) mass is 485 g/mol. The van der Waals surface area contributed by atoms with Crippen molar-refractivity contribution in [3.05, 3.63) is 33.9 Å². The lowest BCUT2D eigenvalue weighted by molar-refractivity contribution is -0.384. The Kier molecular flexibility index (Phi) is 6.03. The van der Waals surface area contributed by atoms with Gasteiger partial charge in [-0.05, 0) is 74.8 Å². The molecule has 188 valence electrons. The molecule has 4 saturated carbocycles. The fraction of sp³-hybridized carbons (Fsp3) is 0.640. The Labute approximate surface area is 203 Å². The molecule has 1 aromatic rings. The van der Waals surface area contributed by atoms with Crippen molar-refractivity contribution in [2.45, 2.75) is 64.0 Å². The Hall–Kier alpha value is -3.01. The summed E-state index contributed by atoms with van der Waals surface area (Å²) in [6.45, 7) is 1.14. The summed E-state index contributed by atoms with van der Waals surface area (Å²) in [6, 6.07) is 3.46. The van der Waals surface area contributed by atoms with Crippen LogP contribution in [0.3, 0.4) is 0 Å². The van der Waals surface area contributed by atoms with Crippen LogP contribution < -0.4 is 5.32 Å². The summed E-state index contributed by atoms with van der Waals surface area (Å²) < 4.78 is 5.21. The van der Waals surface area contributed by atoms with Gasteiger partial charge in [-0.15, -0.1) is 0 Å². The minimum Gasteiger partial charge on any atom is -0.454 e. The van der Waals surface area contributed by atoms with Crippen LogP contribution in [0.1, 0.15) is 50.5 Å². The molecule has 0 spiro atoms. The number of hydrogen-bond donors (Lipinski definition) is 2. The maximum atomic E-state index is 13.7. The Balaban J connectivity index is 1.23. The lowest BCUT2D eigenvalue weighted by atomic mass is 9.49. The van der Waals surface area contributed by atoms with Gasteiger partial charge in [0.1, 0.15) is 11.7 Å². The molecule has 10 heteroatoms. The number of esters is 1. The number of nitrogens with one attached hydrogen (secondary N) is 1. The topological polar surface area (TPSA) is 139 Å². The largest absolute Gasteiger partial charge is 0.454 e. The van der Waals surface area contributed by atoms with Crippen LogP contribution in [0.4, 0.5) is 11.4 Å². The minimum atomic E-state index is -0.938. The van der Waals surface area contributed by atoms with Crippen LogP contribution in [-0.2, 0) is 19.1 Å². The standard InChI is InChI=1S/C25H31N3O7/c1-14-2-3-19(20(4-14)28(33)34)26-22(30)13-35-23(31)21-8-18(29)12-27(21)24(32)25-9-15-5-16(10-25)7-17(6-15)11-25/h2-4,15-18,21,29H,5-13H2,1H3,(H,26,30)/t15?,16?,17?,18?,21-,25?/m0/s1. The zero-order chi connectivity index (χ0) is 24.9. The van der Waals surface area contributed by atoms with Crippen LogP contribution in [0.2, 0.25) is 0 Å². The number of nitro benzene ring substituents is 1. The Morgan fingerprint density at radius 1 is 1.14 bits per heavy atom. The summed E-state index contributed by atoms with van der Waals surface area (Å²) in [5.41, 5.74) is -0.0174. The van der Waals surface area contributed by atoms with Crippen molar-refractivity contribution in [3.63, 3.8) is 0 Å². The number of rotatable bonds is 6. The number of aryl methyl sites for hydroxylation is 1. The molecule has 4 bridgehead atoms. The summed E-state index contributed by atoms with van der Waals surface area (Å²) >= 11 is 0. The molecule has 35 heavy (non-hydrogen) atoms. The normalized spacial score (nSPS) is 33.0. The van der Waals surface area contributed by atoms with Gasteiger partial charge in [-0.3, -0.25) is 19.7 Å². The molecule has 5 fully saturated rings. The lowest BCUT2D eigenvalue weighted by Crippen LogP contribution is -2.56. The first kappa shape index (κ1) is 23.7. The SMILES string of the molecule is Cc1ccc(NC(=O)COC(=O)[C@@H]2CC(O)CN2C(=O)C23CC4CC(CC(C4)C2)C3)c([N+](=O)[O-])c1. The highest BCUT2D eigenvalue weighted by Crippen LogP contribution is 2.60. The number of hydrogen-bond acceptors (Lipinski definition) is 7. The van der Waals surface area contributed by atoms with Crippen molar-refractivity contribution in [1.29, 1.82) is 0 Å². The quantitative estimate of drug-likeness (QED) is 0.359. The molecule has 1 saturated heterocycles. The molecule has 0 aromatic heterocycles. The second kappa shape index (κ2) is 8.89. The molecule has 5 aliphatic rings. The van der Waals surface area contributed by atoms with Gasteiger partial charge in [-0.2, -0.15) is 0 Å². The van der Waals surface area contributed by atoms with E-state index in [4.69, 9.17) is 4.74 Å². The molecular formula is C25H31N3O7. The smallest absolute Gasteiger partial charge is 0.329 e. The van der Waals surface area contributed by atoms with Crippen LogP contribution >= 0.6 is 0 Å². The summed E-state index contributed by atoms with van der Waals surface area (Å²) in [4.78, 5) is 51.1. The van der Waals surface area contributed by atoms with Crippen LogP contribution in [0.5, 0.6) is 0 Å². The molecule has 0 radical (unpaired) electrons. The number of carbonyl (C=O) groups excluding carboxylic acids is 3. The third-order valence-electron chi connectivity index (χ3n) is 8.27. The maximum absolute atomic E-state index is 13.7. The van der Waals surface area contributed by atoms with E-state index >= 15 is 0 Å². The highest BCUT2D eigenvalue weighted by molar-refractivity contribution is 5.95. The van der Waals surface area contributed by atoms with E-state index in [1.54, 1.807) is 13.0 Å². The van der Waals surface area contributed by atoms with E-state index in [9.17, 15) is 29.6 Å². The van der Waals surface area contributed by atoms with Crippen molar-refractivity contribution in [2.75, 3.05) is 18.5 Å². The number of nitrogens with zero attached hydrogens (tertiary/aromatic N) is 2. The zero-order valence-electron chi connectivity index (χ0n) is 19.8. The van der Waals surface area contributed by atoms with Crippen molar-refractivity contribution in [1.82, 2.24) is 4.90 Å². The molecule has 2 atom stereocenters. The molecular weight excluding hydrogens is 454 g/mol. The Bertz CT molecular complexity index is 1040. The van der Waals surface area contributed by atoms with E-state index in [2.05, 4.69) is 5.32 Å². The van der Waals surface area contributed by atoms with E-state index in [1.807, 2.05) is 0 Å². The number of likely N-dealkylation sites (tertiary alicyclic amines) is 1. The zero-order valence-corrected chi connectivity index (χ0v) is 19.8. The summed E-state index contributed by atoms with van der Waals surface area (Å²) in [5, 5.41) is 24.0. The fourth-order valence-electron chi connectivity index (χ4n) is 7.26. The third kappa shape index (κ3) is 4.51. The van der Waals surface area contributed by atoms with Crippen molar-refractivity contribution in [2.24, 2.45) is 23.2 Å². The number of amides is 2. The first-order valence-corrected chi connectivity index (χ1v) is 12.3. The Morgan fingerprint density at radius 3 is 2.37 bits per heavy atom. The number of β-amino-alcohol motifs (C(OH)–C–C–N with tert-alkyl or cyclic N) is 1. The first-order valence-electron chi connectivity index (χ1n) is 12.3. The van der Waals surface area contributed by atoms with E-state index < -0.39 is 41.0 Å². The molecule has 2 amide bonds. The third-order valence-corrected chi connectivity index (χ3v) is 8.27. The summed E-state index contributed by atoms with van der Waals surface area (Å²) in [5.74, 6) is 0.179. The highest BCUT2D eigenvalue weighted by atomic mass is 16.6. The lowest BCUT2D eigenvalue weighted by Gasteiger charge is -2.56. The summed E-state index contributed by atoms with van der Waals surface area (Å²) in [6.07, 6.45) is 5.37. The second-order valence-corrected chi connectivity index (χ2v) is 11.0. The van der Waals surface area contributed by atoms with Gasteiger partial charge in [0.15, 0.2) is 6.61 Å². The van der Waals surface area contributed by atoms with Crippen LogP contribution in [0.15, 0.2) is 18.2 Å². The second-order valence-electron chi connectivity index (χ2n) is 11.0. The van der Waals surface area contributed by atoms with Gasteiger partial charge >= 0.3 is 5.97 Å². The van der Waals surface area contributed by atoms with E-state index in [0.717, 1.165) is 19.3 Å². The number of carbonyl (C=O) groups is 3. The van der Waals surface area contributed by atoms with Crippen molar-refractivity contribution < 1.29 is 29.2 Å². The van der Waals surface area contributed by atoms with Crippen molar-refractivity contribution in [3.8, 4) is 0 Å². The van der Waals surface area contributed by atoms with E-state index in [0.29, 0.717) is 23.3 Å². The molecule has 2 N–H and O–H groups in total. The van der Waals surface area contributed by atoms with Crippen LogP contribution in [0.25, 0.3) is 0 Å². The van der Waals surface area contributed by atoms with Gasteiger partial charge in [0.05, 0.1) is 16.4 Å². The average Bonchev–Trinajstić information content (AvgIpc) is 3.18. The van der Waals surface area contributed by atoms with Gasteiger partial charge in [0.25, 0.3) is 11.6 Å². The van der Waals surface area contributed by atoms with E-state index in [-0.39, 0.29) is 30.2 Å². The average molecular weight is 486 g/mol. The van der Waals surface area contributed by atoms with Gasteiger partial charge in [-0.25, -0.2) is 4.79 Å². The molecule has 1 aromatic carbocycles. The summed E-state index contributed by atoms with van der Waals surface area (Å²) in [7, 11) is 0. The number of ether oxygens (including phenoxy) is 1. The van der Waals surface area contributed by atoms with Gasteiger partial charge in [0.2, 0.25) is 5.91 Å². The van der Waals surface area contributed by atoms with Crippen LogP contribution in [0, 0.1) is 40.2 Å². The highest BCUT2D eigenvalue weighted by Gasteiger charge is 2.57. The molecule has 1 heterocycles. The number of anilines is 1. The van der Waals surface area contributed by atoms with Crippen molar-refractivity contribution >= 4 is 29.2 Å². The van der Waals surface area contributed by atoms with Crippen LogP contribution in [-0.4, -0.2) is 58.0 Å². The molecule has 1 aliphatic heterocycles. The van der Waals surface area contributed by atoms with Gasteiger partial charge in [-0.1, -0.05) is 6.07 Å². The van der Waals surface area contributed by atoms with Gasteiger partial charge in [0, 0.05) is 19.0 Å². The predicted molar refractivity (Wildman–Crippen MR) is 124 cm³/mol. The predicted octanol–water partition coefficient (Wildman–Crippen LogP) is 2.56. The fourth-order valence-corrected chi connectivity index (χ4v) is 7.26. The molecule has 1 unspecified atom stereocenters.